The van der Waals surface area contributed by atoms with Crippen molar-refractivity contribution in [2.75, 3.05) is 19.7 Å². The molecule has 2 nitrogen and oxygen atoms in total. The van der Waals surface area contributed by atoms with Crippen molar-refractivity contribution in [1.29, 1.82) is 0 Å². The SMILES string of the molecule is OCC12CNCC1Cc1ccccc1C2. The highest BCUT2D eigenvalue weighted by molar-refractivity contribution is 5.33. The number of aliphatic hydroxyl groups excluding tert-OH is 1. The number of nitrogens with one attached hydrogen (secondary N) is 1. The molecule has 0 aromatic heterocycles. The molecule has 0 saturated carbocycles. The van der Waals surface area contributed by atoms with Crippen molar-refractivity contribution in [3.8, 4) is 0 Å². The Balaban J connectivity index is 2.01. The van der Waals surface area contributed by atoms with Crippen LogP contribution in [0, 0.1) is 11.3 Å². The number of hydrogen-bond acceptors (Lipinski definition) is 2. The van der Waals surface area contributed by atoms with E-state index in [4.69, 9.17) is 0 Å². The third-order valence-electron chi connectivity index (χ3n) is 4.18. The van der Waals surface area contributed by atoms with Crippen LogP contribution in [0.3, 0.4) is 0 Å². The normalized spacial score (nSPS) is 33.5. The molecule has 0 spiro atoms. The zero-order valence-electron chi connectivity index (χ0n) is 8.87. The lowest BCUT2D eigenvalue weighted by Crippen LogP contribution is -2.40. The summed E-state index contributed by atoms with van der Waals surface area (Å²) in [5, 5.41) is 13.1. The van der Waals surface area contributed by atoms with Crippen molar-refractivity contribution < 1.29 is 5.11 Å². The molecule has 1 aliphatic carbocycles. The van der Waals surface area contributed by atoms with Gasteiger partial charge in [-0.15, -0.1) is 0 Å². The molecule has 1 aromatic carbocycles. The maximum atomic E-state index is 9.64. The molecule has 0 radical (unpaired) electrons. The second kappa shape index (κ2) is 3.32. The minimum Gasteiger partial charge on any atom is -0.396 e. The van der Waals surface area contributed by atoms with E-state index in [1.54, 1.807) is 0 Å². The monoisotopic (exact) mass is 203 g/mol. The van der Waals surface area contributed by atoms with Gasteiger partial charge in [0.05, 0.1) is 6.61 Å². The first kappa shape index (κ1) is 9.37. The van der Waals surface area contributed by atoms with Gasteiger partial charge >= 0.3 is 0 Å². The molecular weight excluding hydrogens is 186 g/mol. The van der Waals surface area contributed by atoms with E-state index in [-0.39, 0.29) is 5.41 Å². The van der Waals surface area contributed by atoms with E-state index in [1.807, 2.05) is 0 Å². The molecule has 1 aromatic rings. The minimum atomic E-state index is 0.119. The van der Waals surface area contributed by atoms with Gasteiger partial charge in [0.15, 0.2) is 0 Å². The van der Waals surface area contributed by atoms with Crippen molar-refractivity contribution >= 4 is 0 Å². The van der Waals surface area contributed by atoms with E-state index < -0.39 is 0 Å². The summed E-state index contributed by atoms with van der Waals surface area (Å²) < 4.78 is 0. The van der Waals surface area contributed by atoms with Crippen LogP contribution in [0.15, 0.2) is 24.3 Å². The Morgan fingerprint density at radius 3 is 2.93 bits per heavy atom. The molecule has 1 aliphatic heterocycles. The summed E-state index contributed by atoms with van der Waals surface area (Å²) in [6, 6.07) is 8.66. The number of fused-ring (bicyclic) bond motifs is 2. The summed E-state index contributed by atoms with van der Waals surface area (Å²) in [5.41, 5.74) is 3.04. The Morgan fingerprint density at radius 1 is 1.33 bits per heavy atom. The van der Waals surface area contributed by atoms with Gasteiger partial charge in [-0.3, -0.25) is 0 Å². The quantitative estimate of drug-likeness (QED) is 0.713. The Hall–Kier alpha value is -0.860. The van der Waals surface area contributed by atoms with Crippen LogP contribution in [0.5, 0.6) is 0 Å². The zero-order valence-corrected chi connectivity index (χ0v) is 8.87. The first-order valence-electron chi connectivity index (χ1n) is 5.72. The van der Waals surface area contributed by atoms with Crippen LogP contribution in [0.25, 0.3) is 0 Å². The smallest absolute Gasteiger partial charge is 0.0506 e. The Bertz CT molecular complexity index is 377. The van der Waals surface area contributed by atoms with Gasteiger partial charge in [-0.2, -0.15) is 0 Å². The maximum Gasteiger partial charge on any atom is 0.0506 e. The molecule has 2 N–H and O–H groups in total. The Labute approximate surface area is 90.3 Å². The summed E-state index contributed by atoms with van der Waals surface area (Å²) in [7, 11) is 0. The molecular formula is C13H17NO. The Morgan fingerprint density at radius 2 is 2.13 bits per heavy atom. The van der Waals surface area contributed by atoms with Gasteiger partial charge in [0.25, 0.3) is 0 Å². The molecule has 3 rings (SSSR count). The number of benzene rings is 1. The van der Waals surface area contributed by atoms with Crippen molar-refractivity contribution in [2.24, 2.45) is 11.3 Å². The standard InChI is InChI=1S/C13H17NO/c15-9-13-6-11-4-2-1-3-10(11)5-12(13)7-14-8-13/h1-4,12,14-15H,5-9H2. The zero-order chi connectivity index (χ0) is 10.3. The molecule has 2 atom stereocenters. The molecule has 2 heteroatoms. The van der Waals surface area contributed by atoms with Gasteiger partial charge < -0.3 is 10.4 Å². The number of rotatable bonds is 1. The van der Waals surface area contributed by atoms with E-state index in [0.29, 0.717) is 12.5 Å². The summed E-state index contributed by atoms with van der Waals surface area (Å²) in [5.74, 6) is 0.623. The van der Waals surface area contributed by atoms with Gasteiger partial charge in [-0.25, -0.2) is 0 Å². The molecule has 0 bridgehead atoms. The third-order valence-corrected chi connectivity index (χ3v) is 4.18. The van der Waals surface area contributed by atoms with E-state index in [2.05, 4.69) is 29.6 Å². The van der Waals surface area contributed by atoms with Gasteiger partial charge in [0.2, 0.25) is 0 Å². The predicted octanol–water partition coefficient (Wildman–Crippen LogP) is 0.983. The summed E-state index contributed by atoms with van der Waals surface area (Å²) >= 11 is 0. The second-order valence-electron chi connectivity index (χ2n) is 5.00. The molecule has 15 heavy (non-hydrogen) atoms. The van der Waals surface area contributed by atoms with Crippen LogP contribution in [0.2, 0.25) is 0 Å². The number of aliphatic hydroxyl groups is 1. The molecule has 1 heterocycles. The average molecular weight is 203 g/mol. The van der Waals surface area contributed by atoms with Crippen molar-refractivity contribution in [3.05, 3.63) is 35.4 Å². The summed E-state index contributed by atoms with van der Waals surface area (Å²) in [6.45, 7) is 2.36. The maximum absolute atomic E-state index is 9.64. The van der Waals surface area contributed by atoms with Crippen LogP contribution in [0.1, 0.15) is 11.1 Å². The van der Waals surface area contributed by atoms with Crippen LogP contribution < -0.4 is 5.32 Å². The lowest BCUT2D eigenvalue weighted by Gasteiger charge is -2.38. The van der Waals surface area contributed by atoms with Gasteiger partial charge in [0.1, 0.15) is 0 Å². The fourth-order valence-electron chi connectivity index (χ4n) is 3.17. The van der Waals surface area contributed by atoms with E-state index in [0.717, 1.165) is 25.9 Å². The summed E-state index contributed by atoms with van der Waals surface area (Å²) in [4.78, 5) is 0. The van der Waals surface area contributed by atoms with Gasteiger partial charge in [-0.05, 0) is 36.4 Å². The van der Waals surface area contributed by atoms with Crippen molar-refractivity contribution in [3.63, 3.8) is 0 Å². The second-order valence-corrected chi connectivity index (χ2v) is 5.00. The molecule has 80 valence electrons. The fraction of sp³-hybridized carbons (Fsp3) is 0.538. The van der Waals surface area contributed by atoms with Crippen LogP contribution in [-0.2, 0) is 12.8 Å². The van der Waals surface area contributed by atoms with Crippen LogP contribution >= 0.6 is 0 Å². The first-order valence-corrected chi connectivity index (χ1v) is 5.72. The first-order chi connectivity index (χ1) is 7.34. The van der Waals surface area contributed by atoms with Gasteiger partial charge in [0, 0.05) is 12.0 Å². The summed E-state index contributed by atoms with van der Waals surface area (Å²) in [6.07, 6.45) is 2.17. The third kappa shape index (κ3) is 1.32. The van der Waals surface area contributed by atoms with Crippen LogP contribution in [0.4, 0.5) is 0 Å². The lowest BCUT2D eigenvalue weighted by molar-refractivity contribution is 0.0909. The van der Waals surface area contributed by atoms with Crippen molar-refractivity contribution in [1.82, 2.24) is 5.32 Å². The lowest BCUT2D eigenvalue weighted by atomic mass is 9.67. The highest BCUT2D eigenvalue weighted by atomic mass is 16.3. The highest BCUT2D eigenvalue weighted by Crippen LogP contribution is 2.41. The van der Waals surface area contributed by atoms with Crippen LogP contribution in [-0.4, -0.2) is 24.8 Å². The van der Waals surface area contributed by atoms with Crippen molar-refractivity contribution in [2.45, 2.75) is 12.8 Å². The Kier molecular flexibility index (Phi) is 2.08. The van der Waals surface area contributed by atoms with Gasteiger partial charge in [-0.1, -0.05) is 24.3 Å². The highest BCUT2D eigenvalue weighted by Gasteiger charge is 2.45. The average Bonchev–Trinajstić information content (AvgIpc) is 2.69. The molecule has 2 unspecified atom stereocenters. The van der Waals surface area contributed by atoms with E-state index in [1.165, 1.54) is 11.1 Å². The van der Waals surface area contributed by atoms with E-state index >= 15 is 0 Å². The van der Waals surface area contributed by atoms with E-state index in [9.17, 15) is 5.11 Å². The topological polar surface area (TPSA) is 32.3 Å². The fourth-order valence-corrected chi connectivity index (χ4v) is 3.17. The molecule has 1 fully saturated rings. The largest absolute Gasteiger partial charge is 0.396 e. The number of hydrogen-bond donors (Lipinski definition) is 2. The predicted molar refractivity (Wildman–Crippen MR) is 59.7 cm³/mol. The molecule has 0 amide bonds. The molecule has 1 saturated heterocycles. The minimum absolute atomic E-state index is 0.119. The molecule has 2 aliphatic rings.